The summed E-state index contributed by atoms with van der Waals surface area (Å²) in [6.07, 6.45) is 0.901. The van der Waals surface area contributed by atoms with E-state index in [1.807, 2.05) is 25.1 Å². The molecule has 5 nitrogen and oxygen atoms in total. The van der Waals surface area contributed by atoms with Gasteiger partial charge in [0.1, 0.15) is 6.54 Å². The molecule has 1 aliphatic rings. The highest BCUT2D eigenvalue weighted by atomic mass is 16.4. The summed E-state index contributed by atoms with van der Waals surface area (Å²) >= 11 is 0. The number of carbonyl (C=O) groups is 2. The highest BCUT2D eigenvalue weighted by Gasteiger charge is 2.30. The van der Waals surface area contributed by atoms with Crippen LogP contribution in [0.15, 0.2) is 54.6 Å². The maximum Gasteiger partial charge on any atom is 0.323 e. The molecule has 25 heavy (non-hydrogen) atoms. The topological polar surface area (TPSA) is 60.9 Å². The minimum atomic E-state index is -1.02. The summed E-state index contributed by atoms with van der Waals surface area (Å²) < 4.78 is 0. The Morgan fingerprint density at radius 1 is 1.08 bits per heavy atom. The van der Waals surface area contributed by atoms with Gasteiger partial charge in [-0.25, -0.2) is 0 Å². The number of anilines is 1. The van der Waals surface area contributed by atoms with Crippen LogP contribution in [0.3, 0.4) is 0 Å². The molecule has 130 valence electrons. The molecule has 0 spiro atoms. The summed E-state index contributed by atoms with van der Waals surface area (Å²) in [5, 5.41) is 9.21. The van der Waals surface area contributed by atoms with E-state index in [0.29, 0.717) is 12.2 Å². The number of amides is 1. The molecule has 0 saturated heterocycles. The Morgan fingerprint density at radius 3 is 2.40 bits per heavy atom. The molecule has 2 aromatic rings. The number of carboxylic acid groups (broad SMARTS) is 1. The normalized spacial score (nSPS) is 15.2. The van der Waals surface area contributed by atoms with Crippen LogP contribution in [-0.2, 0) is 22.6 Å². The van der Waals surface area contributed by atoms with Gasteiger partial charge in [-0.2, -0.15) is 0 Å². The van der Waals surface area contributed by atoms with Crippen molar-refractivity contribution in [2.45, 2.75) is 25.9 Å². The molecule has 2 aromatic carbocycles. The van der Waals surface area contributed by atoms with Crippen LogP contribution in [0.25, 0.3) is 0 Å². The number of aliphatic carboxylic acids is 1. The second-order valence-electron chi connectivity index (χ2n) is 6.32. The lowest BCUT2D eigenvalue weighted by molar-refractivity contribution is -0.137. The van der Waals surface area contributed by atoms with Crippen LogP contribution in [0.4, 0.5) is 5.69 Å². The highest BCUT2D eigenvalue weighted by Crippen LogP contribution is 2.22. The number of hydrogen-bond donors (Lipinski definition) is 1. The summed E-state index contributed by atoms with van der Waals surface area (Å²) in [5.74, 6) is -1.21. The Kier molecular flexibility index (Phi) is 5.14. The van der Waals surface area contributed by atoms with E-state index in [9.17, 15) is 14.7 Å². The van der Waals surface area contributed by atoms with Gasteiger partial charge in [0.15, 0.2) is 0 Å². The Bertz CT molecular complexity index is 761. The molecular formula is C20H22N2O3. The molecule has 1 heterocycles. The number of carbonyl (C=O) groups excluding carboxylic acids is 1. The molecule has 0 fully saturated rings. The zero-order valence-electron chi connectivity index (χ0n) is 14.3. The SMILES string of the molecule is CC(C(=O)N(CC(=O)O)c1ccccc1)N1CCc2ccccc2C1. The lowest BCUT2D eigenvalue weighted by Gasteiger charge is -2.35. The van der Waals surface area contributed by atoms with Gasteiger partial charge in [0.2, 0.25) is 5.91 Å². The maximum atomic E-state index is 13.0. The van der Waals surface area contributed by atoms with Gasteiger partial charge in [0, 0.05) is 18.8 Å². The van der Waals surface area contributed by atoms with E-state index in [-0.39, 0.29) is 18.5 Å². The Hall–Kier alpha value is -2.66. The molecule has 0 saturated carbocycles. The first kappa shape index (κ1) is 17.2. The third-order valence-corrected chi connectivity index (χ3v) is 4.69. The van der Waals surface area contributed by atoms with Gasteiger partial charge < -0.3 is 5.11 Å². The van der Waals surface area contributed by atoms with Gasteiger partial charge in [-0.3, -0.25) is 19.4 Å². The maximum absolute atomic E-state index is 13.0. The van der Waals surface area contributed by atoms with E-state index < -0.39 is 5.97 Å². The van der Waals surface area contributed by atoms with Crippen LogP contribution >= 0.6 is 0 Å². The number of fused-ring (bicyclic) bond motifs is 1. The summed E-state index contributed by atoms with van der Waals surface area (Å²) in [7, 11) is 0. The standard InChI is InChI=1S/C20H22N2O3/c1-15(21-12-11-16-7-5-6-8-17(16)13-21)20(25)22(14-19(23)24)18-9-3-2-4-10-18/h2-10,15H,11-14H2,1H3,(H,23,24). The fourth-order valence-electron chi connectivity index (χ4n) is 3.27. The number of rotatable bonds is 5. The molecule has 0 aromatic heterocycles. The molecular weight excluding hydrogens is 316 g/mol. The summed E-state index contributed by atoms with van der Waals surface area (Å²) in [5.41, 5.74) is 3.17. The van der Waals surface area contributed by atoms with E-state index in [4.69, 9.17) is 0 Å². The molecule has 0 radical (unpaired) electrons. The lowest BCUT2D eigenvalue weighted by atomic mass is 9.98. The Morgan fingerprint density at radius 2 is 1.72 bits per heavy atom. The van der Waals surface area contributed by atoms with E-state index in [0.717, 1.165) is 13.0 Å². The first-order valence-corrected chi connectivity index (χ1v) is 8.45. The van der Waals surface area contributed by atoms with Crippen LogP contribution in [0.5, 0.6) is 0 Å². The molecule has 1 atom stereocenters. The second-order valence-corrected chi connectivity index (χ2v) is 6.32. The van der Waals surface area contributed by atoms with Gasteiger partial charge in [-0.15, -0.1) is 0 Å². The summed E-state index contributed by atoms with van der Waals surface area (Å²) in [6, 6.07) is 16.9. The Labute approximate surface area is 147 Å². The fraction of sp³-hybridized carbons (Fsp3) is 0.300. The van der Waals surface area contributed by atoms with Crippen molar-refractivity contribution in [3.05, 3.63) is 65.7 Å². The molecule has 0 bridgehead atoms. The van der Waals surface area contributed by atoms with Crippen molar-refractivity contribution in [1.82, 2.24) is 4.90 Å². The van der Waals surface area contributed by atoms with E-state index in [1.54, 1.807) is 24.3 Å². The third kappa shape index (κ3) is 3.88. The van der Waals surface area contributed by atoms with E-state index in [1.165, 1.54) is 16.0 Å². The quantitative estimate of drug-likeness (QED) is 0.910. The molecule has 1 unspecified atom stereocenters. The van der Waals surface area contributed by atoms with Crippen LogP contribution < -0.4 is 4.90 Å². The number of hydrogen-bond acceptors (Lipinski definition) is 3. The van der Waals surface area contributed by atoms with Crippen molar-refractivity contribution < 1.29 is 14.7 Å². The van der Waals surface area contributed by atoms with Crippen molar-refractivity contribution in [3.63, 3.8) is 0 Å². The number of carboxylic acids is 1. The van der Waals surface area contributed by atoms with Crippen molar-refractivity contribution in [3.8, 4) is 0 Å². The second kappa shape index (κ2) is 7.49. The molecule has 3 rings (SSSR count). The van der Waals surface area contributed by atoms with E-state index in [2.05, 4.69) is 17.0 Å². The van der Waals surface area contributed by atoms with Gasteiger partial charge >= 0.3 is 5.97 Å². The van der Waals surface area contributed by atoms with Crippen molar-refractivity contribution in [1.29, 1.82) is 0 Å². The number of para-hydroxylation sites is 1. The molecule has 1 aliphatic heterocycles. The molecule has 1 amide bonds. The average molecular weight is 338 g/mol. The summed E-state index contributed by atoms with van der Waals surface area (Å²) in [6.45, 7) is 3.02. The smallest absolute Gasteiger partial charge is 0.323 e. The third-order valence-electron chi connectivity index (χ3n) is 4.69. The molecule has 0 aliphatic carbocycles. The largest absolute Gasteiger partial charge is 0.480 e. The van der Waals surface area contributed by atoms with Crippen molar-refractivity contribution in [2.75, 3.05) is 18.0 Å². The predicted octanol–water partition coefficient (Wildman–Crippen LogP) is 2.55. The monoisotopic (exact) mass is 338 g/mol. The van der Waals surface area contributed by atoms with Crippen LogP contribution in [0.1, 0.15) is 18.1 Å². The lowest BCUT2D eigenvalue weighted by Crippen LogP contribution is -2.50. The van der Waals surface area contributed by atoms with Gasteiger partial charge in [0.05, 0.1) is 6.04 Å². The molecule has 1 N–H and O–H groups in total. The van der Waals surface area contributed by atoms with Crippen LogP contribution in [0.2, 0.25) is 0 Å². The van der Waals surface area contributed by atoms with Crippen molar-refractivity contribution in [2.24, 2.45) is 0 Å². The Balaban J connectivity index is 1.79. The number of benzene rings is 2. The predicted molar refractivity (Wildman–Crippen MR) is 96.4 cm³/mol. The first-order valence-electron chi connectivity index (χ1n) is 8.45. The first-order chi connectivity index (χ1) is 12.1. The van der Waals surface area contributed by atoms with Crippen LogP contribution in [0, 0.1) is 0 Å². The minimum absolute atomic E-state index is 0.187. The highest BCUT2D eigenvalue weighted by molar-refractivity contribution is 6.00. The van der Waals surface area contributed by atoms with Gasteiger partial charge in [-0.05, 0) is 36.6 Å². The fourth-order valence-corrected chi connectivity index (χ4v) is 3.27. The average Bonchev–Trinajstić information content (AvgIpc) is 2.65. The summed E-state index contributed by atoms with van der Waals surface area (Å²) in [4.78, 5) is 27.7. The van der Waals surface area contributed by atoms with E-state index >= 15 is 0 Å². The minimum Gasteiger partial charge on any atom is -0.480 e. The van der Waals surface area contributed by atoms with Gasteiger partial charge in [0.25, 0.3) is 0 Å². The van der Waals surface area contributed by atoms with Crippen LogP contribution in [-0.4, -0.2) is 41.0 Å². The van der Waals surface area contributed by atoms with Crippen molar-refractivity contribution >= 4 is 17.6 Å². The zero-order chi connectivity index (χ0) is 17.8. The number of nitrogens with zero attached hydrogens (tertiary/aromatic N) is 2. The zero-order valence-corrected chi connectivity index (χ0v) is 14.3. The van der Waals surface area contributed by atoms with Gasteiger partial charge in [-0.1, -0.05) is 42.5 Å². The molecule has 5 heteroatoms.